The third kappa shape index (κ3) is 6.53. The molecule has 0 aliphatic heterocycles. The minimum atomic E-state index is -4.43. The Morgan fingerprint density at radius 3 is 2.32 bits per heavy atom. The Labute approximate surface area is 241 Å². The van der Waals surface area contributed by atoms with E-state index in [1.165, 1.54) is 6.07 Å². The average Bonchev–Trinajstić information content (AvgIpc) is 3.63. The van der Waals surface area contributed by atoms with E-state index in [1.54, 1.807) is 11.0 Å². The van der Waals surface area contributed by atoms with Crippen LogP contribution in [0.3, 0.4) is 0 Å². The van der Waals surface area contributed by atoms with Crippen LogP contribution < -0.4 is 9.64 Å². The molecule has 0 bridgehead atoms. The molecule has 11 heteroatoms. The van der Waals surface area contributed by atoms with Crippen LogP contribution in [-0.4, -0.2) is 45.5 Å². The second-order valence-electron chi connectivity index (χ2n) is 11.7. The lowest BCUT2D eigenvalue weighted by atomic mass is 9.81. The van der Waals surface area contributed by atoms with Gasteiger partial charge in [-0.3, -0.25) is 4.79 Å². The quantitative estimate of drug-likeness (QED) is 0.373. The first-order valence-electron chi connectivity index (χ1n) is 14.2. The summed E-state index contributed by atoms with van der Waals surface area (Å²) in [5, 5.41) is 18.2. The van der Waals surface area contributed by atoms with E-state index in [-0.39, 0.29) is 52.3 Å². The Morgan fingerprint density at radius 1 is 1.07 bits per heavy atom. The molecular weight excluding hydrogens is 555 g/mol. The standard InChI is InChI=1S/C30H34F3N3O4S/c1-18-3-6-20(7-4-18)27(37)36(21-8-10-22(11-9-21)40-25-12-5-19(2)34-35-25)24-17-23(41-26(24)28(38)39)13-14-29(15-16-29)30(31,32)33/h5,12,17-18,20-22H,3-4,6-11,15-16H2,1-2H3,(H,38,39)/t18-,20-,21-,22-. The highest BCUT2D eigenvalue weighted by Gasteiger charge is 2.62. The van der Waals surface area contributed by atoms with Crippen LogP contribution in [0, 0.1) is 36.0 Å². The number of alkyl halides is 3. The molecule has 5 rings (SSSR count). The van der Waals surface area contributed by atoms with Gasteiger partial charge in [-0.05, 0) is 89.2 Å². The summed E-state index contributed by atoms with van der Waals surface area (Å²) in [5.41, 5.74) is -0.997. The van der Waals surface area contributed by atoms with Gasteiger partial charge in [-0.25, -0.2) is 4.79 Å². The highest BCUT2D eigenvalue weighted by atomic mass is 32.1. The van der Waals surface area contributed by atoms with Gasteiger partial charge in [0.25, 0.3) is 0 Å². The average molecular weight is 590 g/mol. The van der Waals surface area contributed by atoms with E-state index < -0.39 is 17.6 Å². The lowest BCUT2D eigenvalue weighted by Gasteiger charge is -2.39. The minimum absolute atomic E-state index is 0.0578. The fourth-order valence-corrected chi connectivity index (χ4v) is 6.64. The van der Waals surface area contributed by atoms with E-state index >= 15 is 0 Å². The number of anilines is 1. The van der Waals surface area contributed by atoms with Gasteiger partial charge >= 0.3 is 12.1 Å². The van der Waals surface area contributed by atoms with Gasteiger partial charge in [0.05, 0.1) is 16.3 Å². The molecule has 2 aromatic heterocycles. The number of hydrogen-bond acceptors (Lipinski definition) is 6. The van der Waals surface area contributed by atoms with Crippen molar-refractivity contribution < 1.29 is 32.6 Å². The molecule has 220 valence electrons. The molecule has 7 nitrogen and oxygen atoms in total. The minimum Gasteiger partial charge on any atom is -0.477 e. The van der Waals surface area contributed by atoms with Crippen LogP contribution in [0.15, 0.2) is 18.2 Å². The van der Waals surface area contributed by atoms with Crippen LogP contribution in [-0.2, 0) is 4.79 Å². The molecule has 1 amide bonds. The molecule has 1 N–H and O–H groups in total. The van der Waals surface area contributed by atoms with E-state index in [9.17, 15) is 27.9 Å². The van der Waals surface area contributed by atoms with E-state index in [4.69, 9.17) is 4.74 Å². The zero-order valence-electron chi connectivity index (χ0n) is 23.2. The molecule has 2 aromatic rings. The summed E-state index contributed by atoms with van der Waals surface area (Å²) in [7, 11) is 0. The molecule has 3 aliphatic carbocycles. The van der Waals surface area contributed by atoms with Crippen LogP contribution in [0.1, 0.15) is 91.4 Å². The molecular formula is C30H34F3N3O4S. The Balaban J connectivity index is 1.41. The van der Waals surface area contributed by atoms with Crippen LogP contribution in [0.2, 0.25) is 0 Å². The lowest BCUT2D eigenvalue weighted by molar-refractivity contribution is -0.168. The Bertz CT molecular complexity index is 1330. The molecule has 0 aromatic carbocycles. The number of nitrogens with zero attached hydrogens (tertiary/aromatic N) is 3. The number of hydrogen-bond donors (Lipinski definition) is 1. The van der Waals surface area contributed by atoms with Gasteiger partial charge in [0, 0.05) is 18.0 Å². The third-order valence-electron chi connectivity index (χ3n) is 8.56. The van der Waals surface area contributed by atoms with Crippen molar-refractivity contribution in [1.29, 1.82) is 0 Å². The predicted molar refractivity (Wildman–Crippen MR) is 148 cm³/mol. The van der Waals surface area contributed by atoms with Gasteiger partial charge in [-0.15, -0.1) is 16.4 Å². The van der Waals surface area contributed by atoms with E-state index in [0.717, 1.165) is 42.7 Å². The molecule has 41 heavy (non-hydrogen) atoms. The number of aryl methyl sites for hydroxylation is 1. The topological polar surface area (TPSA) is 92.6 Å². The molecule has 0 radical (unpaired) electrons. The van der Waals surface area contributed by atoms with E-state index in [0.29, 0.717) is 37.5 Å². The summed E-state index contributed by atoms with van der Waals surface area (Å²) < 4.78 is 46.4. The first-order valence-corrected chi connectivity index (χ1v) is 15.0. The van der Waals surface area contributed by atoms with Crippen LogP contribution in [0.5, 0.6) is 5.88 Å². The number of ether oxygens (including phenoxy) is 1. The van der Waals surface area contributed by atoms with Crippen molar-refractivity contribution >= 4 is 28.9 Å². The molecule has 0 saturated heterocycles. The maximum absolute atomic E-state index is 14.1. The van der Waals surface area contributed by atoms with Gasteiger partial charge in [0.2, 0.25) is 11.8 Å². The van der Waals surface area contributed by atoms with Gasteiger partial charge < -0.3 is 14.7 Å². The van der Waals surface area contributed by atoms with Gasteiger partial charge in [-0.1, -0.05) is 18.8 Å². The van der Waals surface area contributed by atoms with E-state index in [1.807, 2.05) is 13.0 Å². The molecule has 0 unspecified atom stereocenters. The number of carboxylic acid groups (broad SMARTS) is 1. The number of carbonyl (C=O) groups excluding carboxylic acids is 1. The summed E-state index contributed by atoms with van der Waals surface area (Å²) in [5.74, 6) is 4.38. The number of carbonyl (C=O) groups is 2. The SMILES string of the molecule is Cc1ccc(O[C@H]2CC[C@H](N(c3cc(C#CC4(C(F)(F)F)CC4)sc3C(=O)O)C(=O)[C@H]3CC[C@H](C)CC3)CC2)nn1. The molecule has 3 fully saturated rings. The van der Waals surface area contributed by atoms with Crippen molar-refractivity contribution in [3.8, 4) is 17.7 Å². The van der Waals surface area contributed by atoms with Crippen molar-refractivity contribution in [1.82, 2.24) is 10.2 Å². The lowest BCUT2D eigenvalue weighted by Crippen LogP contribution is -2.47. The van der Waals surface area contributed by atoms with Crippen molar-refractivity contribution in [2.45, 2.75) is 96.4 Å². The molecule has 0 atom stereocenters. The number of amides is 1. The maximum Gasteiger partial charge on any atom is 0.405 e. The van der Waals surface area contributed by atoms with Gasteiger partial charge in [-0.2, -0.15) is 18.3 Å². The summed E-state index contributed by atoms with van der Waals surface area (Å²) >= 11 is 0.833. The summed E-state index contributed by atoms with van der Waals surface area (Å²) in [6.45, 7) is 4.01. The first-order chi connectivity index (χ1) is 19.5. The van der Waals surface area contributed by atoms with Crippen LogP contribution in [0.4, 0.5) is 18.9 Å². The first kappa shape index (κ1) is 29.4. The molecule has 0 spiro atoms. The van der Waals surface area contributed by atoms with Gasteiger partial charge in [0.15, 0.2) is 0 Å². The smallest absolute Gasteiger partial charge is 0.405 e. The fourth-order valence-electron chi connectivity index (χ4n) is 5.80. The Kier molecular flexibility index (Phi) is 8.33. The number of aromatic carboxylic acids is 1. The summed E-state index contributed by atoms with van der Waals surface area (Å²) in [4.78, 5) is 28.2. The van der Waals surface area contributed by atoms with E-state index in [2.05, 4.69) is 29.0 Å². The Morgan fingerprint density at radius 2 is 1.76 bits per heavy atom. The molecule has 3 aliphatic rings. The third-order valence-corrected chi connectivity index (χ3v) is 9.58. The zero-order chi connectivity index (χ0) is 29.4. The fraction of sp³-hybridized carbons (Fsp3) is 0.600. The predicted octanol–water partition coefficient (Wildman–Crippen LogP) is 6.79. The number of rotatable bonds is 6. The second-order valence-corrected chi connectivity index (χ2v) is 12.7. The van der Waals surface area contributed by atoms with Crippen molar-refractivity contribution in [2.24, 2.45) is 17.3 Å². The maximum atomic E-state index is 14.1. The van der Waals surface area contributed by atoms with Crippen molar-refractivity contribution in [3.05, 3.63) is 33.6 Å². The van der Waals surface area contributed by atoms with Crippen LogP contribution >= 0.6 is 11.3 Å². The van der Waals surface area contributed by atoms with Crippen molar-refractivity contribution in [2.75, 3.05) is 4.90 Å². The highest BCUT2D eigenvalue weighted by Crippen LogP contribution is 2.57. The number of halogens is 3. The number of aromatic nitrogens is 2. The normalized spacial score (nSPS) is 25.5. The summed E-state index contributed by atoms with van der Waals surface area (Å²) in [6.07, 6.45) is 1.10. The monoisotopic (exact) mass is 589 g/mol. The Hall–Kier alpha value is -3.13. The molecule has 3 saturated carbocycles. The summed E-state index contributed by atoms with van der Waals surface area (Å²) in [6, 6.07) is 4.83. The largest absolute Gasteiger partial charge is 0.477 e. The number of thiophene rings is 1. The highest BCUT2D eigenvalue weighted by molar-refractivity contribution is 7.15. The van der Waals surface area contributed by atoms with Crippen molar-refractivity contribution in [3.63, 3.8) is 0 Å². The molecule has 2 heterocycles. The second kappa shape index (κ2) is 11.6. The number of carboxylic acids is 1. The van der Waals surface area contributed by atoms with Gasteiger partial charge in [0.1, 0.15) is 16.4 Å². The zero-order valence-corrected chi connectivity index (χ0v) is 24.0. The van der Waals surface area contributed by atoms with Crippen LogP contribution in [0.25, 0.3) is 0 Å².